The first kappa shape index (κ1) is 18.9. The van der Waals surface area contributed by atoms with Crippen molar-refractivity contribution in [3.8, 4) is 0 Å². The van der Waals surface area contributed by atoms with E-state index in [9.17, 15) is 19.8 Å². The fourth-order valence-electron chi connectivity index (χ4n) is 1.64. The van der Waals surface area contributed by atoms with Crippen LogP contribution < -0.4 is 5.73 Å². The number of amides is 2. The van der Waals surface area contributed by atoms with Gasteiger partial charge >= 0.3 is 0 Å². The lowest BCUT2D eigenvalue weighted by Gasteiger charge is -2.27. The molecule has 0 aromatic heterocycles. The largest absolute Gasteiger partial charge is 0.380 e. The Balaban J connectivity index is 4.72. The van der Waals surface area contributed by atoms with Gasteiger partial charge in [-0.1, -0.05) is 27.7 Å². The van der Waals surface area contributed by atoms with E-state index in [-0.39, 0.29) is 0 Å². The van der Waals surface area contributed by atoms with Crippen LogP contribution in [0.3, 0.4) is 0 Å². The number of nitrogens with zero attached hydrogens (tertiary/aromatic N) is 1. The molecule has 0 aromatic carbocycles. The second-order valence-corrected chi connectivity index (χ2v) is 5.98. The lowest BCUT2D eigenvalue weighted by molar-refractivity contribution is -0.152. The number of aliphatic hydroxyl groups is 2. The maximum atomic E-state index is 12.1. The molecule has 0 aromatic rings. The van der Waals surface area contributed by atoms with Crippen molar-refractivity contribution in [2.24, 2.45) is 17.6 Å². The van der Waals surface area contributed by atoms with E-state index in [0.29, 0.717) is 24.9 Å². The molecule has 0 saturated heterocycles. The average molecular weight is 288 g/mol. The van der Waals surface area contributed by atoms with Crippen molar-refractivity contribution in [3.63, 3.8) is 0 Å². The van der Waals surface area contributed by atoms with Crippen molar-refractivity contribution < 1.29 is 19.8 Å². The highest BCUT2D eigenvalue weighted by Crippen LogP contribution is 2.09. The Kier molecular flexibility index (Phi) is 8.41. The third-order valence-corrected chi connectivity index (χ3v) is 3.11. The van der Waals surface area contributed by atoms with Gasteiger partial charge < -0.3 is 20.8 Å². The molecule has 20 heavy (non-hydrogen) atoms. The van der Waals surface area contributed by atoms with Gasteiger partial charge in [-0.15, -0.1) is 0 Å². The summed E-state index contributed by atoms with van der Waals surface area (Å²) in [5.41, 5.74) is 4.90. The molecule has 118 valence electrons. The van der Waals surface area contributed by atoms with E-state index in [0.717, 1.165) is 12.8 Å². The zero-order chi connectivity index (χ0) is 15.9. The quantitative estimate of drug-likeness (QED) is 0.560. The monoisotopic (exact) mass is 288 g/mol. The zero-order valence-electron chi connectivity index (χ0n) is 12.9. The molecule has 0 saturated carbocycles. The molecule has 0 aliphatic rings. The smallest absolute Gasteiger partial charge is 0.254 e. The number of nitrogens with two attached hydrogens (primary N) is 1. The summed E-state index contributed by atoms with van der Waals surface area (Å²) in [6.07, 6.45) is -2.05. The Morgan fingerprint density at radius 3 is 1.65 bits per heavy atom. The minimum absolute atomic E-state index is 0.419. The highest BCUT2D eigenvalue weighted by atomic mass is 16.3. The Morgan fingerprint density at radius 2 is 1.35 bits per heavy atom. The third-order valence-electron chi connectivity index (χ3n) is 3.11. The molecule has 6 heteroatoms. The van der Waals surface area contributed by atoms with Gasteiger partial charge in [0.15, 0.2) is 12.2 Å². The summed E-state index contributed by atoms with van der Waals surface area (Å²) in [4.78, 5) is 24.5. The topological polar surface area (TPSA) is 104 Å². The molecular weight excluding hydrogens is 260 g/mol. The molecule has 0 aliphatic heterocycles. The van der Waals surface area contributed by atoms with Crippen molar-refractivity contribution in [1.29, 1.82) is 0 Å². The second kappa shape index (κ2) is 8.92. The molecule has 2 atom stereocenters. The van der Waals surface area contributed by atoms with Gasteiger partial charge in [0.2, 0.25) is 5.91 Å². The molecular formula is C14H28N2O4. The summed E-state index contributed by atoms with van der Waals surface area (Å²) in [6, 6.07) is 0. The van der Waals surface area contributed by atoms with Gasteiger partial charge in [-0.05, 0) is 24.7 Å². The Labute approximate surface area is 120 Å². The molecule has 0 heterocycles. The van der Waals surface area contributed by atoms with E-state index in [2.05, 4.69) is 0 Å². The van der Waals surface area contributed by atoms with Crippen molar-refractivity contribution in [2.45, 2.75) is 52.7 Å². The van der Waals surface area contributed by atoms with Gasteiger partial charge in [0.05, 0.1) is 0 Å². The Hall–Kier alpha value is -1.14. The van der Waals surface area contributed by atoms with Crippen molar-refractivity contribution in [1.82, 2.24) is 4.90 Å². The number of carbonyl (C=O) groups excluding carboxylic acids is 2. The molecule has 2 amide bonds. The average Bonchev–Trinajstić information content (AvgIpc) is 2.35. The lowest BCUT2D eigenvalue weighted by atomic mass is 10.1. The van der Waals surface area contributed by atoms with E-state index in [1.807, 2.05) is 27.7 Å². The number of carbonyl (C=O) groups is 2. The van der Waals surface area contributed by atoms with Crippen LogP contribution in [0.15, 0.2) is 0 Å². The molecule has 0 fully saturated rings. The summed E-state index contributed by atoms with van der Waals surface area (Å²) in [5.74, 6) is -0.902. The van der Waals surface area contributed by atoms with Gasteiger partial charge in [-0.25, -0.2) is 0 Å². The first-order valence-corrected chi connectivity index (χ1v) is 7.11. The van der Waals surface area contributed by atoms with Crippen LogP contribution in [0.4, 0.5) is 0 Å². The maximum absolute atomic E-state index is 12.1. The summed E-state index contributed by atoms with van der Waals surface area (Å²) in [6.45, 7) is 9.15. The van der Waals surface area contributed by atoms with E-state index < -0.39 is 24.0 Å². The van der Waals surface area contributed by atoms with E-state index in [4.69, 9.17) is 5.73 Å². The SMILES string of the molecule is CC(C)CCN(CCC(C)C)C(=O)[C@H](O)[C@@H](O)C(N)=O. The molecule has 6 nitrogen and oxygen atoms in total. The summed E-state index contributed by atoms with van der Waals surface area (Å²) in [5, 5.41) is 19.1. The zero-order valence-corrected chi connectivity index (χ0v) is 12.9. The Morgan fingerprint density at radius 1 is 0.950 bits per heavy atom. The van der Waals surface area contributed by atoms with Crippen LogP contribution in [-0.4, -0.2) is 52.2 Å². The van der Waals surface area contributed by atoms with Crippen molar-refractivity contribution in [3.05, 3.63) is 0 Å². The van der Waals surface area contributed by atoms with Gasteiger partial charge in [0.25, 0.3) is 5.91 Å². The van der Waals surface area contributed by atoms with Crippen LogP contribution in [0.25, 0.3) is 0 Å². The van der Waals surface area contributed by atoms with Gasteiger partial charge in [-0.3, -0.25) is 9.59 Å². The number of hydrogen-bond acceptors (Lipinski definition) is 4. The first-order chi connectivity index (χ1) is 9.16. The van der Waals surface area contributed by atoms with Crippen LogP contribution in [0.2, 0.25) is 0 Å². The van der Waals surface area contributed by atoms with Gasteiger partial charge in [0, 0.05) is 13.1 Å². The number of primary amides is 1. The molecule has 0 unspecified atom stereocenters. The maximum Gasteiger partial charge on any atom is 0.254 e. The first-order valence-electron chi connectivity index (χ1n) is 7.11. The molecule has 0 rings (SSSR count). The number of hydrogen-bond donors (Lipinski definition) is 3. The predicted octanol–water partition coefficient (Wildman–Crippen LogP) is 0.114. The fourth-order valence-corrected chi connectivity index (χ4v) is 1.64. The van der Waals surface area contributed by atoms with E-state index in [1.54, 1.807) is 0 Å². The van der Waals surface area contributed by atoms with Crippen LogP contribution in [-0.2, 0) is 9.59 Å². The molecule has 0 spiro atoms. The molecule has 0 bridgehead atoms. The van der Waals surface area contributed by atoms with E-state index in [1.165, 1.54) is 4.90 Å². The fraction of sp³-hybridized carbons (Fsp3) is 0.857. The highest BCUT2D eigenvalue weighted by Gasteiger charge is 2.31. The summed E-state index contributed by atoms with van der Waals surface area (Å²) in [7, 11) is 0. The van der Waals surface area contributed by atoms with Crippen LogP contribution in [0, 0.1) is 11.8 Å². The normalized spacial score (nSPS) is 14.4. The van der Waals surface area contributed by atoms with Gasteiger partial charge in [-0.2, -0.15) is 0 Å². The van der Waals surface area contributed by atoms with E-state index >= 15 is 0 Å². The minimum atomic E-state index is -1.86. The third kappa shape index (κ3) is 6.86. The van der Waals surface area contributed by atoms with Crippen molar-refractivity contribution >= 4 is 11.8 Å². The standard InChI is InChI=1S/C14H28N2O4/c1-9(2)5-7-16(8-6-10(3)4)14(20)12(18)11(17)13(15)19/h9-12,17-18H,5-8H2,1-4H3,(H2,15,19)/t11-,12-/m1/s1. The predicted molar refractivity (Wildman–Crippen MR) is 76.7 cm³/mol. The summed E-state index contributed by atoms with van der Waals surface area (Å²) < 4.78 is 0. The lowest BCUT2D eigenvalue weighted by Crippen LogP contribution is -2.50. The highest BCUT2D eigenvalue weighted by molar-refractivity contribution is 5.89. The Bertz CT molecular complexity index is 306. The molecule has 4 N–H and O–H groups in total. The second-order valence-electron chi connectivity index (χ2n) is 5.98. The van der Waals surface area contributed by atoms with Gasteiger partial charge in [0.1, 0.15) is 0 Å². The van der Waals surface area contributed by atoms with Crippen LogP contribution >= 0.6 is 0 Å². The minimum Gasteiger partial charge on any atom is -0.380 e. The van der Waals surface area contributed by atoms with Crippen molar-refractivity contribution in [2.75, 3.05) is 13.1 Å². The summed E-state index contributed by atoms with van der Waals surface area (Å²) >= 11 is 0. The molecule has 0 radical (unpaired) electrons. The van der Waals surface area contributed by atoms with Crippen LogP contribution in [0.5, 0.6) is 0 Å². The number of rotatable bonds is 9. The van der Waals surface area contributed by atoms with Crippen LogP contribution in [0.1, 0.15) is 40.5 Å². The number of aliphatic hydroxyl groups excluding tert-OH is 2. The molecule has 0 aliphatic carbocycles.